The van der Waals surface area contributed by atoms with Crippen molar-refractivity contribution in [3.8, 4) is 6.07 Å². The van der Waals surface area contributed by atoms with Gasteiger partial charge in [0.25, 0.3) is 11.8 Å². The fraction of sp³-hybridized carbons (Fsp3) is 0.0476. The summed E-state index contributed by atoms with van der Waals surface area (Å²) in [4.78, 5) is 29.0. The molecule has 0 aliphatic rings. The van der Waals surface area contributed by atoms with Crippen LogP contribution >= 0.6 is 11.6 Å². The highest BCUT2D eigenvalue weighted by Gasteiger charge is 2.13. The second-order valence-electron chi connectivity index (χ2n) is 5.97. The molecule has 6 nitrogen and oxygen atoms in total. The molecule has 3 aromatic rings. The van der Waals surface area contributed by atoms with Gasteiger partial charge in [-0.3, -0.25) is 9.59 Å². The highest BCUT2D eigenvalue weighted by molar-refractivity contribution is 6.31. The van der Waals surface area contributed by atoms with Crippen molar-refractivity contribution in [1.82, 2.24) is 4.98 Å². The number of aryl methyl sites for hydroxylation is 1. The van der Waals surface area contributed by atoms with Gasteiger partial charge >= 0.3 is 0 Å². The maximum absolute atomic E-state index is 12.4. The van der Waals surface area contributed by atoms with Gasteiger partial charge in [-0.25, -0.2) is 4.98 Å². The minimum absolute atomic E-state index is 0.0962. The monoisotopic (exact) mass is 390 g/mol. The van der Waals surface area contributed by atoms with Crippen LogP contribution in [-0.2, 0) is 0 Å². The van der Waals surface area contributed by atoms with E-state index < -0.39 is 11.8 Å². The molecule has 0 fully saturated rings. The van der Waals surface area contributed by atoms with E-state index >= 15 is 0 Å². The molecule has 2 N–H and O–H groups in total. The quantitative estimate of drug-likeness (QED) is 0.689. The number of hydrogen-bond acceptors (Lipinski definition) is 4. The number of amides is 2. The molecule has 2 amide bonds. The number of halogens is 1. The van der Waals surface area contributed by atoms with Gasteiger partial charge in [0, 0.05) is 16.4 Å². The lowest BCUT2D eigenvalue weighted by molar-refractivity contribution is 0.101. The summed E-state index contributed by atoms with van der Waals surface area (Å²) in [5, 5.41) is 14.7. The van der Waals surface area contributed by atoms with Crippen molar-refractivity contribution in [2.24, 2.45) is 0 Å². The third kappa shape index (κ3) is 4.53. The van der Waals surface area contributed by atoms with Gasteiger partial charge in [-0.1, -0.05) is 23.7 Å². The second-order valence-corrected chi connectivity index (χ2v) is 6.38. The van der Waals surface area contributed by atoms with Crippen molar-refractivity contribution in [3.05, 3.63) is 88.2 Å². The molecule has 0 aliphatic heterocycles. The Hall–Kier alpha value is -3.69. The first-order valence-corrected chi connectivity index (χ1v) is 8.70. The van der Waals surface area contributed by atoms with Crippen LogP contribution in [0.15, 0.2) is 60.7 Å². The van der Waals surface area contributed by atoms with E-state index in [1.807, 2.05) is 13.0 Å². The number of pyridine rings is 1. The van der Waals surface area contributed by atoms with Crippen LogP contribution in [0.3, 0.4) is 0 Å². The van der Waals surface area contributed by atoms with Gasteiger partial charge < -0.3 is 10.6 Å². The molecule has 0 spiro atoms. The third-order valence-electron chi connectivity index (χ3n) is 3.92. The van der Waals surface area contributed by atoms with E-state index in [-0.39, 0.29) is 11.4 Å². The molecular weight excluding hydrogens is 376 g/mol. The smallest absolute Gasteiger partial charge is 0.274 e. The Balaban J connectivity index is 1.73. The summed E-state index contributed by atoms with van der Waals surface area (Å²) in [5.74, 6) is -0.911. The maximum Gasteiger partial charge on any atom is 0.274 e. The zero-order chi connectivity index (χ0) is 20.1. The number of aromatic nitrogens is 1. The summed E-state index contributed by atoms with van der Waals surface area (Å²) in [5.41, 5.74) is 2.65. The van der Waals surface area contributed by atoms with Gasteiger partial charge in [0.05, 0.1) is 11.6 Å². The van der Waals surface area contributed by atoms with Gasteiger partial charge in [-0.15, -0.1) is 0 Å². The first-order chi connectivity index (χ1) is 13.5. The van der Waals surface area contributed by atoms with E-state index in [1.54, 1.807) is 48.5 Å². The third-order valence-corrected chi connectivity index (χ3v) is 4.32. The minimum Gasteiger partial charge on any atom is -0.321 e. The topological polar surface area (TPSA) is 94.9 Å². The number of rotatable bonds is 4. The van der Waals surface area contributed by atoms with Gasteiger partial charge in [0.2, 0.25) is 0 Å². The Morgan fingerprint density at radius 1 is 0.929 bits per heavy atom. The van der Waals surface area contributed by atoms with Gasteiger partial charge in [0.15, 0.2) is 0 Å². The Morgan fingerprint density at radius 2 is 1.50 bits per heavy atom. The molecular formula is C21H15ClN4O2. The van der Waals surface area contributed by atoms with Crippen molar-refractivity contribution in [2.45, 2.75) is 6.92 Å². The van der Waals surface area contributed by atoms with Crippen LogP contribution in [0.5, 0.6) is 0 Å². The van der Waals surface area contributed by atoms with Crippen molar-refractivity contribution < 1.29 is 9.59 Å². The van der Waals surface area contributed by atoms with E-state index in [0.29, 0.717) is 22.0 Å². The van der Waals surface area contributed by atoms with Crippen LogP contribution in [0.25, 0.3) is 0 Å². The van der Waals surface area contributed by atoms with Crippen LogP contribution < -0.4 is 10.6 Å². The number of carbonyl (C=O) groups is 2. The van der Waals surface area contributed by atoms with Crippen LogP contribution in [0, 0.1) is 18.3 Å². The molecule has 1 aromatic heterocycles. The molecule has 28 heavy (non-hydrogen) atoms. The average Bonchev–Trinajstić information content (AvgIpc) is 2.71. The number of nitrogens with zero attached hydrogens (tertiary/aromatic N) is 2. The van der Waals surface area contributed by atoms with E-state index in [1.165, 1.54) is 12.1 Å². The summed E-state index contributed by atoms with van der Waals surface area (Å²) < 4.78 is 0. The molecule has 2 aromatic carbocycles. The average molecular weight is 391 g/mol. The van der Waals surface area contributed by atoms with Crippen LogP contribution in [0.2, 0.25) is 5.02 Å². The van der Waals surface area contributed by atoms with Gasteiger partial charge in [0.1, 0.15) is 11.4 Å². The molecule has 0 saturated carbocycles. The number of anilines is 2. The molecule has 0 atom stereocenters. The number of nitrogens with one attached hydrogen (secondary N) is 2. The Morgan fingerprint density at radius 3 is 2.07 bits per heavy atom. The molecule has 0 aliphatic carbocycles. The van der Waals surface area contributed by atoms with E-state index in [0.717, 1.165) is 5.56 Å². The summed E-state index contributed by atoms with van der Waals surface area (Å²) in [6.07, 6.45) is 0. The standard InChI is InChI=1S/C21H15ClN4O2/c1-13-5-8-16(11-17(13)22)25-21(28)19-4-2-3-18(26-19)20(27)24-15-9-6-14(12-23)7-10-15/h2-11H,1H3,(H,24,27)(H,25,28). The highest BCUT2D eigenvalue weighted by Crippen LogP contribution is 2.20. The predicted molar refractivity (Wildman–Crippen MR) is 107 cm³/mol. The molecule has 1 heterocycles. The number of hydrogen-bond donors (Lipinski definition) is 2. The Bertz CT molecular complexity index is 1090. The first-order valence-electron chi connectivity index (χ1n) is 8.32. The molecule has 0 bridgehead atoms. The largest absolute Gasteiger partial charge is 0.321 e. The lowest BCUT2D eigenvalue weighted by Gasteiger charge is -2.08. The van der Waals surface area contributed by atoms with E-state index in [9.17, 15) is 9.59 Å². The van der Waals surface area contributed by atoms with Crippen LogP contribution in [-0.4, -0.2) is 16.8 Å². The fourth-order valence-corrected chi connectivity index (χ4v) is 2.56. The lowest BCUT2D eigenvalue weighted by atomic mass is 10.2. The zero-order valence-corrected chi connectivity index (χ0v) is 15.6. The fourth-order valence-electron chi connectivity index (χ4n) is 2.38. The van der Waals surface area contributed by atoms with Crippen LogP contribution in [0.4, 0.5) is 11.4 Å². The van der Waals surface area contributed by atoms with Gasteiger partial charge in [-0.05, 0) is 61.0 Å². The van der Waals surface area contributed by atoms with Crippen molar-refractivity contribution in [2.75, 3.05) is 10.6 Å². The summed E-state index contributed by atoms with van der Waals surface area (Å²) in [7, 11) is 0. The number of benzene rings is 2. The zero-order valence-electron chi connectivity index (χ0n) is 14.9. The lowest BCUT2D eigenvalue weighted by Crippen LogP contribution is -2.18. The van der Waals surface area contributed by atoms with Crippen molar-refractivity contribution in [3.63, 3.8) is 0 Å². The normalized spacial score (nSPS) is 10.0. The summed E-state index contributed by atoms with van der Waals surface area (Å²) in [6, 6.07) is 18.2. The minimum atomic E-state index is -0.460. The van der Waals surface area contributed by atoms with Crippen LogP contribution in [0.1, 0.15) is 32.1 Å². The highest BCUT2D eigenvalue weighted by atomic mass is 35.5. The second kappa shape index (κ2) is 8.33. The summed E-state index contributed by atoms with van der Waals surface area (Å²) >= 11 is 6.07. The van der Waals surface area contributed by atoms with Crippen molar-refractivity contribution in [1.29, 1.82) is 5.26 Å². The van der Waals surface area contributed by atoms with Gasteiger partial charge in [-0.2, -0.15) is 5.26 Å². The summed E-state index contributed by atoms with van der Waals surface area (Å²) in [6.45, 7) is 1.87. The van der Waals surface area contributed by atoms with Crippen molar-refractivity contribution >= 4 is 34.8 Å². The molecule has 7 heteroatoms. The van der Waals surface area contributed by atoms with E-state index in [2.05, 4.69) is 15.6 Å². The maximum atomic E-state index is 12.4. The molecule has 138 valence electrons. The van der Waals surface area contributed by atoms with E-state index in [4.69, 9.17) is 16.9 Å². The first kappa shape index (κ1) is 19.1. The molecule has 0 radical (unpaired) electrons. The molecule has 3 rings (SSSR count). The number of nitriles is 1. The molecule has 0 unspecified atom stereocenters. The SMILES string of the molecule is Cc1ccc(NC(=O)c2cccc(C(=O)Nc3ccc(C#N)cc3)n2)cc1Cl. The molecule has 0 saturated heterocycles. The Labute approximate surface area is 166 Å². The number of carbonyl (C=O) groups excluding carboxylic acids is 2. The Kier molecular flexibility index (Phi) is 5.68. The predicted octanol–water partition coefficient (Wildman–Crippen LogP) is 4.42.